The quantitative estimate of drug-likeness (QED) is 0.702. The molecule has 114 valence electrons. The van der Waals surface area contributed by atoms with Gasteiger partial charge in [0.05, 0.1) is 24.6 Å². The van der Waals surface area contributed by atoms with Crippen LogP contribution in [0.25, 0.3) is 11.0 Å². The Morgan fingerprint density at radius 1 is 1.52 bits per heavy atom. The number of hydrogen-bond acceptors (Lipinski definition) is 5. The normalized spacial score (nSPS) is 23.0. The Hall–Kier alpha value is -1.51. The number of nitrogens with zero attached hydrogens (tertiary/aromatic N) is 2. The van der Waals surface area contributed by atoms with Crippen LogP contribution in [0.3, 0.4) is 0 Å². The van der Waals surface area contributed by atoms with Crippen LogP contribution in [0.15, 0.2) is 23.4 Å². The first-order valence-electron chi connectivity index (χ1n) is 6.34. The van der Waals surface area contributed by atoms with Crippen LogP contribution in [0, 0.1) is 0 Å². The van der Waals surface area contributed by atoms with Crippen molar-refractivity contribution >= 4 is 18.9 Å². The molecule has 3 N–H and O–H groups in total. The molecule has 0 aliphatic carbocycles. The van der Waals surface area contributed by atoms with Gasteiger partial charge in [-0.15, -0.1) is 0 Å². The van der Waals surface area contributed by atoms with Crippen LogP contribution in [-0.4, -0.2) is 37.0 Å². The van der Waals surface area contributed by atoms with Gasteiger partial charge in [0.15, 0.2) is 5.52 Å². The predicted molar refractivity (Wildman–Crippen MR) is 71.5 cm³/mol. The van der Waals surface area contributed by atoms with E-state index >= 15 is 0 Å². The van der Waals surface area contributed by atoms with Gasteiger partial charge < -0.3 is 24.1 Å². The first-order valence-corrected chi connectivity index (χ1v) is 7.87. The van der Waals surface area contributed by atoms with Crippen LogP contribution in [-0.2, 0) is 13.8 Å². The molecule has 1 unspecified atom stereocenters. The number of imidazole rings is 1. The molecule has 1 fully saturated rings. The van der Waals surface area contributed by atoms with E-state index < -0.39 is 13.9 Å². The van der Waals surface area contributed by atoms with Gasteiger partial charge >= 0.3 is 7.82 Å². The number of aromatic amines is 1. The maximum Gasteiger partial charge on any atom is 0.469 e. The minimum absolute atomic E-state index is 0.173. The van der Waals surface area contributed by atoms with Gasteiger partial charge in [-0.05, 0) is 18.9 Å². The molecule has 1 saturated heterocycles. The van der Waals surface area contributed by atoms with Crippen LogP contribution >= 0.6 is 7.82 Å². The molecule has 2 aromatic rings. The van der Waals surface area contributed by atoms with Crippen LogP contribution in [0.5, 0.6) is 0 Å². The lowest BCUT2D eigenvalue weighted by atomic mass is 10.2. The van der Waals surface area contributed by atoms with Crippen LogP contribution in [0.1, 0.15) is 19.1 Å². The molecular weight excluding hydrogens is 301 g/mol. The van der Waals surface area contributed by atoms with Gasteiger partial charge in [0.2, 0.25) is 0 Å². The summed E-state index contributed by atoms with van der Waals surface area (Å²) in [5.74, 6) is 0. The average molecular weight is 315 g/mol. The van der Waals surface area contributed by atoms with Crippen molar-refractivity contribution in [1.29, 1.82) is 0 Å². The maximum absolute atomic E-state index is 11.6. The minimum Gasteiger partial charge on any atom is -0.352 e. The van der Waals surface area contributed by atoms with Crippen molar-refractivity contribution < 1.29 is 23.6 Å². The molecule has 2 atom stereocenters. The third-order valence-electron chi connectivity index (χ3n) is 3.33. The van der Waals surface area contributed by atoms with Crippen molar-refractivity contribution in [3.05, 3.63) is 28.9 Å². The summed E-state index contributed by atoms with van der Waals surface area (Å²) in [7, 11) is -4.49. The zero-order chi connectivity index (χ0) is 15.0. The fourth-order valence-corrected chi connectivity index (χ4v) is 2.76. The molecule has 2 aromatic heterocycles. The van der Waals surface area contributed by atoms with Crippen molar-refractivity contribution in [3.63, 3.8) is 0 Å². The summed E-state index contributed by atoms with van der Waals surface area (Å²) in [5, 5.41) is 0. The topological polar surface area (TPSA) is 127 Å². The molecule has 1 aliphatic heterocycles. The summed E-state index contributed by atoms with van der Waals surface area (Å²) in [6.45, 7) is -0.173. The molecule has 0 spiro atoms. The van der Waals surface area contributed by atoms with E-state index in [0.717, 1.165) is 0 Å². The highest BCUT2D eigenvalue weighted by Gasteiger charge is 2.29. The van der Waals surface area contributed by atoms with Gasteiger partial charge in [-0.25, -0.2) is 9.55 Å². The number of hydrogen-bond donors (Lipinski definition) is 3. The van der Waals surface area contributed by atoms with E-state index in [1.54, 1.807) is 10.6 Å². The number of rotatable bonds is 4. The van der Waals surface area contributed by atoms with Gasteiger partial charge in [0.25, 0.3) is 5.56 Å². The van der Waals surface area contributed by atoms with E-state index in [1.165, 1.54) is 12.5 Å². The fourth-order valence-electron chi connectivity index (χ4n) is 2.40. The molecule has 0 radical (unpaired) electrons. The molecule has 0 amide bonds. The number of nitrogens with one attached hydrogen (secondary N) is 1. The van der Waals surface area contributed by atoms with Crippen molar-refractivity contribution in [2.75, 3.05) is 6.61 Å². The Morgan fingerprint density at radius 2 is 2.33 bits per heavy atom. The Kier molecular flexibility index (Phi) is 3.68. The van der Waals surface area contributed by atoms with Crippen LogP contribution < -0.4 is 5.56 Å². The van der Waals surface area contributed by atoms with Crippen molar-refractivity contribution in [2.45, 2.75) is 25.2 Å². The Morgan fingerprint density at radius 3 is 3.10 bits per heavy atom. The second-order valence-corrected chi connectivity index (χ2v) is 6.01. The second kappa shape index (κ2) is 5.36. The molecular formula is C11H14N3O6P. The summed E-state index contributed by atoms with van der Waals surface area (Å²) in [4.78, 5) is 35.6. The zero-order valence-corrected chi connectivity index (χ0v) is 11.8. The van der Waals surface area contributed by atoms with Crippen molar-refractivity contribution in [2.24, 2.45) is 0 Å². The van der Waals surface area contributed by atoms with Gasteiger partial charge in [0.1, 0.15) is 6.23 Å². The number of phosphoric acid groups is 1. The van der Waals surface area contributed by atoms with Gasteiger partial charge in [-0.1, -0.05) is 0 Å². The molecule has 0 bridgehead atoms. The lowest BCUT2D eigenvalue weighted by Crippen LogP contribution is -2.16. The number of aromatic nitrogens is 3. The first kappa shape index (κ1) is 14.4. The van der Waals surface area contributed by atoms with Crippen molar-refractivity contribution in [3.8, 4) is 0 Å². The van der Waals surface area contributed by atoms with E-state index in [2.05, 4.69) is 14.5 Å². The summed E-state index contributed by atoms with van der Waals surface area (Å²) < 4.78 is 22.6. The second-order valence-electron chi connectivity index (χ2n) is 4.77. The smallest absolute Gasteiger partial charge is 0.352 e. The van der Waals surface area contributed by atoms with Crippen LogP contribution in [0.4, 0.5) is 0 Å². The third-order valence-corrected chi connectivity index (χ3v) is 3.81. The van der Waals surface area contributed by atoms with Gasteiger partial charge in [0, 0.05) is 6.20 Å². The summed E-state index contributed by atoms with van der Waals surface area (Å²) in [6, 6.07) is 1.73. The summed E-state index contributed by atoms with van der Waals surface area (Å²) in [6.07, 6.45) is 3.58. The third kappa shape index (κ3) is 3.07. The first-order chi connectivity index (χ1) is 9.94. The monoisotopic (exact) mass is 315 g/mol. The standard InChI is InChI=1S/C11H14N3O6P/c15-11-10-8(3-4-12-11)14(6-13-10)9-2-1-7(20-9)5-19-21(16,17)18/h3-4,6-7,9H,1-2,5H2,(H,12,15)(H2,16,17,18)/t7?,9-/m1/s1. The number of H-pyrrole nitrogens is 1. The lowest BCUT2D eigenvalue weighted by Gasteiger charge is -2.15. The highest BCUT2D eigenvalue weighted by atomic mass is 31.2. The highest BCUT2D eigenvalue weighted by Crippen LogP contribution is 2.38. The molecule has 9 nitrogen and oxygen atoms in total. The molecule has 0 saturated carbocycles. The number of phosphoric ester groups is 1. The minimum atomic E-state index is -4.49. The average Bonchev–Trinajstić information content (AvgIpc) is 3.02. The lowest BCUT2D eigenvalue weighted by molar-refractivity contribution is -0.0203. The van der Waals surface area contributed by atoms with E-state index in [-0.39, 0.29) is 18.4 Å². The molecule has 1 aliphatic rings. The van der Waals surface area contributed by atoms with Gasteiger partial charge in [-0.3, -0.25) is 9.32 Å². The van der Waals surface area contributed by atoms with E-state index in [4.69, 9.17) is 14.5 Å². The van der Waals surface area contributed by atoms with Crippen molar-refractivity contribution in [1.82, 2.24) is 14.5 Å². The highest BCUT2D eigenvalue weighted by molar-refractivity contribution is 7.46. The molecule has 0 aromatic carbocycles. The van der Waals surface area contributed by atoms with E-state index in [1.807, 2.05) is 0 Å². The number of ether oxygens (including phenoxy) is 1. The molecule has 3 heterocycles. The Bertz CT molecular complexity index is 750. The largest absolute Gasteiger partial charge is 0.469 e. The number of pyridine rings is 1. The van der Waals surface area contributed by atoms with Gasteiger partial charge in [-0.2, -0.15) is 0 Å². The van der Waals surface area contributed by atoms with Crippen LogP contribution in [0.2, 0.25) is 0 Å². The Labute approximate surface area is 118 Å². The maximum atomic E-state index is 11.6. The van der Waals surface area contributed by atoms with E-state index in [0.29, 0.717) is 23.9 Å². The zero-order valence-electron chi connectivity index (χ0n) is 10.9. The molecule has 21 heavy (non-hydrogen) atoms. The Balaban J connectivity index is 1.75. The predicted octanol–water partition coefficient (Wildman–Crippen LogP) is 0.511. The summed E-state index contributed by atoms with van der Waals surface area (Å²) >= 11 is 0. The van der Waals surface area contributed by atoms with E-state index in [9.17, 15) is 9.36 Å². The fraction of sp³-hybridized carbons (Fsp3) is 0.455. The SMILES string of the molecule is O=c1[nH]ccc2c1ncn2[C@H]1CCC(COP(=O)(O)O)O1. The summed E-state index contributed by atoms with van der Waals surface area (Å²) in [5.41, 5.74) is 0.710. The molecule has 10 heteroatoms. The molecule has 3 rings (SSSR count). The number of fused-ring (bicyclic) bond motifs is 1.